The van der Waals surface area contributed by atoms with Crippen molar-refractivity contribution in [2.24, 2.45) is 0 Å². The fourth-order valence-corrected chi connectivity index (χ4v) is 2.06. The number of carbonyl (C=O) groups is 3. The Labute approximate surface area is 123 Å². The first-order chi connectivity index (χ1) is 9.41. The van der Waals surface area contributed by atoms with Crippen molar-refractivity contribution in [1.29, 1.82) is 0 Å². The van der Waals surface area contributed by atoms with E-state index in [1.807, 2.05) is 0 Å². The molecule has 108 valence electrons. The molecule has 0 aromatic heterocycles. The minimum atomic E-state index is -1.18. The molecule has 7 heteroatoms. The van der Waals surface area contributed by atoms with E-state index in [0.717, 1.165) is 0 Å². The van der Waals surface area contributed by atoms with Crippen LogP contribution in [0.25, 0.3) is 0 Å². The molecule has 0 bridgehead atoms. The molecular weight excluding hydrogens is 330 g/mol. The Morgan fingerprint density at radius 3 is 2.40 bits per heavy atom. The van der Waals surface area contributed by atoms with Crippen LogP contribution in [0.1, 0.15) is 29.6 Å². The van der Waals surface area contributed by atoms with E-state index in [1.165, 1.54) is 0 Å². The molecule has 3 N–H and O–H groups in total. The van der Waals surface area contributed by atoms with E-state index in [0.29, 0.717) is 10.0 Å². The van der Waals surface area contributed by atoms with Gasteiger partial charge < -0.3 is 15.5 Å². The lowest BCUT2D eigenvalue weighted by Crippen LogP contribution is -2.40. The van der Waals surface area contributed by atoms with Crippen LogP contribution < -0.4 is 5.32 Å². The number of nitrogens with one attached hydrogen (secondary N) is 1. The van der Waals surface area contributed by atoms with Gasteiger partial charge in [-0.25, -0.2) is 4.79 Å². The molecule has 1 rings (SSSR count). The van der Waals surface area contributed by atoms with Crippen LogP contribution in [0.4, 0.5) is 0 Å². The summed E-state index contributed by atoms with van der Waals surface area (Å²) < 4.78 is 0.562. The number of hydrogen-bond donors (Lipinski definition) is 3. The Kier molecular flexibility index (Phi) is 6.17. The van der Waals surface area contributed by atoms with Crippen molar-refractivity contribution in [3.8, 4) is 0 Å². The highest BCUT2D eigenvalue weighted by molar-refractivity contribution is 9.10. The molecule has 1 aromatic rings. The van der Waals surface area contributed by atoms with E-state index in [-0.39, 0.29) is 19.3 Å². The molecule has 0 aliphatic heterocycles. The summed E-state index contributed by atoms with van der Waals surface area (Å²) in [5, 5.41) is 19.9. The van der Waals surface area contributed by atoms with Gasteiger partial charge in [0.2, 0.25) is 0 Å². The third kappa shape index (κ3) is 5.00. The highest BCUT2D eigenvalue weighted by atomic mass is 79.9. The summed E-state index contributed by atoms with van der Waals surface area (Å²) in [5.41, 5.74) is 0.331. The molecule has 0 aliphatic carbocycles. The Hall–Kier alpha value is -1.89. The summed E-state index contributed by atoms with van der Waals surface area (Å²) in [6.45, 7) is 0. The lowest BCUT2D eigenvalue weighted by atomic mass is 10.1. The minimum Gasteiger partial charge on any atom is -0.481 e. The van der Waals surface area contributed by atoms with Crippen LogP contribution in [0.5, 0.6) is 0 Å². The van der Waals surface area contributed by atoms with Crippen LogP contribution in [-0.4, -0.2) is 34.1 Å². The van der Waals surface area contributed by atoms with Gasteiger partial charge in [0.1, 0.15) is 6.04 Å². The molecule has 1 aromatic carbocycles. The van der Waals surface area contributed by atoms with Crippen molar-refractivity contribution in [1.82, 2.24) is 5.32 Å². The number of carboxylic acid groups (broad SMARTS) is 2. The summed E-state index contributed by atoms with van der Waals surface area (Å²) in [7, 11) is 0. The van der Waals surface area contributed by atoms with Gasteiger partial charge in [-0.05, 0) is 40.9 Å². The van der Waals surface area contributed by atoms with Crippen molar-refractivity contribution < 1.29 is 24.6 Å². The third-order valence-electron chi connectivity index (χ3n) is 2.61. The average Bonchev–Trinajstić information content (AvgIpc) is 2.37. The molecule has 1 amide bonds. The number of carbonyl (C=O) groups excluding carboxylic acids is 1. The maximum absolute atomic E-state index is 12.0. The molecule has 1 atom stereocenters. The summed E-state index contributed by atoms with van der Waals surface area (Å²) >= 11 is 3.21. The van der Waals surface area contributed by atoms with Crippen LogP contribution >= 0.6 is 15.9 Å². The van der Waals surface area contributed by atoms with Crippen molar-refractivity contribution in [3.05, 3.63) is 34.3 Å². The third-order valence-corrected chi connectivity index (χ3v) is 3.30. The van der Waals surface area contributed by atoms with Crippen LogP contribution in [0.15, 0.2) is 28.7 Å². The van der Waals surface area contributed by atoms with E-state index in [1.54, 1.807) is 24.3 Å². The highest BCUT2D eigenvalue weighted by Crippen LogP contribution is 2.16. The number of rotatable bonds is 7. The SMILES string of the molecule is O=C(O)CCCC(NC(=O)c1ccccc1Br)C(=O)O. The topological polar surface area (TPSA) is 104 Å². The highest BCUT2D eigenvalue weighted by Gasteiger charge is 2.21. The lowest BCUT2D eigenvalue weighted by Gasteiger charge is -2.14. The van der Waals surface area contributed by atoms with Crippen LogP contribution in [0, 0.1) is 0 Å². The zero-order chi connectivity index (χ0) is 15.1. The first kappa shape index (κ1) is 16.2. The molecule has 0 heterocycles. The van der Waals surface area contributed by atoms with Gasteiger partial charge in [0.15, 0.2) is 0 Å². The number of amides is 1. The number of carboxylic acids is 2. The van der Waals surface area contributed by atoms with Gasteiger partial charge in [-0.2, -0.15) is 0 Å². The molecule has 0 fully saturated rings. The smallest absolute Gasteiger partial charge is 0.326 e. The van der Waals surface area contributed by atoms with Crippen molar-refractivity contribution >= 4 is 33.8 Å². The first-order valence-corrected chi connectivity index (χ1v) is 6.71. The van der Waals surface area contributed by atoms with Gasteiger partial charge in [-0.1, -0.05) is 12.1 Å². The molecule has 0 radical (unpaired) electrons. The molecule has 0 aliphatic rings. The molecule has 0 saturated carbocycles. The predicted octanol–water partition coefficient (Wildman–Crippen LogP) is 1.89. The van der Waals surface area contributed by atoms with Crippen LogP contribution in [0.2, 0.25) is 0 Å². The van der Waals surface area contributed by atoms with Gasteiger partial charge in [-0.15, -0.1) is 0 Å². The second-order valence-electron chi connectivity index (χ2n) is 4.13. The summed E-state index contributed by atoms with van der Waals surface area (Å²) in [6, 6.07) is 5.54. The van der Waals surface area contributed by atoms with Gasteiger partial charge >= 0.3 is 11.9 Å². The zero-order valence-electron chi connectivity index (χ0n) is 10.5. The summed E-state index contributed by atoms with van der Waals surface area (Å²) in [4.78, 5) is 33.4. The van der Waals surface area contributed by atoms with Gasteiger partial charge in [0.25, 0.3) is 5.91 Å². The van der Waals surface area contributed by atoms with Crippen molar-refractivity contribution in [3.63, 3.8) is 0 Å². The van der Waals surface area contributed by atoms with Crippen LogP contribution in [-0.2, 0) is 9.59 Å². The quantitative estimate of drug-likeness (QED) is 0.701. The molecular formula is C13H14BrNO5. The van der Waals surface area contributed by atoms with Crippen molar-refractivity contribution in [2.75, 3.05) is 0 Å². The van der Waals surface area contributed by atoms with Crippen LogP contribution in [0.3, 0.4) is 0 Å². The fourth-order valence-electron chi connectivity index (χ4n) is 1.60. The molecule has 1 unspecified atom stereocenters. The summed E-state index contributed by atoms with van der Waals surface area (Å²) in [6.07, 6.45) is 0.120. The van der Waals surface area contributed by atoms with E-state index in [9.17, 15) is 14.4 Å². The number of halogens is 1. The normalized spacial score (nSPS) is 11.7. The molecule has 0 saturated heterocycles. The Bertz CT molecular complexity index is 517. The Balaban J connectivity index is 2.66. The molecule has 6 nitrogen and oxygen atoms in total. The monoisotopic (exact) mass is 343 g/mol. The standard InChI is InChI=1S/C13H14BrNO5/c14-9-5-2-1-4-8(9)12(18)15-10(13(19)20)6-3-7-11(16)17/h1-2,4-5,10H,3,6-7H2,(H,15,18)(H,16,17)(H,19,20). The maximum Gasteiger partial charge on any atom is 0.326 e. The second kappa shape index (κ2) is 7.64. The minimum absolute atomic E-state index is 0.0673. The van der Waals surface area contributed by atoms with Gasteiger partial charge in [-0.3, -0.25) is 9.59 Å². The summed E-state index contributed by atoms with van der Waals surface area (Å²) in [5.74, 6) is -2.69. The molecule has 0 spiro atoms. The van der Waals surface area contributed by atoms with E-state index in [2.05, 4.69) is 21.2 Å². The number of benzene rings is 1. The Morgan fingerprint density at radius 2 is 1.85 bits per heavy atom. The number of hydrogen-bond acceptors (Lipinski definition) is 3. The zero-order valence-corrected chi connectivity index (χ0v) is 12.1. The van der Waals surface area contributed by atoms with Crippen molar-refractivity contribution in [2.45, 2.75) is 25.3 Å². The first-order valence-electron chi connectivity index (χ1n) is 5.92. The number of aliphatic carboxylic acids is 2. The fraction of sp³-hybridized carbons (Fsp3) is 0.308. The lowest BCUT2D eigenvalue weighted by molar-refractivity contribution is -0.140. The molecule has 20 heavy (non-hydrogen) atoms. The largest absolute Gasteiger partial charge is 0.481 e. The average molecular weight is 344 g/mol. The Morgan fingerprint density at radius 1 is 1.20 bits per heavy atom. The van der Waals surface area contributed by atoms with E-state index >= 15 is 0 Å². The van der Waals surface area contributed by atoms with Gasteiger partial charge in [0, 0.05) is 10.9 Å². The predicted molar refractivity (Wildman–Crippen MR) is 74.5 cm³/mol. The van der Waals surface area contributed by atoms with Gasteiger partial charge in [0.05, 0.1) is 5.56 Å². The van der Waals surface area contributed by atoms with E-state index < -0.39 is 23.9 Å². The maximum atomic E-state index is 12.0. The van der Waals surface area contributed by atoms with E-state index in [4.69, 9.17) is 10.2 Å². The second-order valence-corrected chi connectivity index (χ2v) is 4.98.